The number of H-pyrrole nitrogens is 1. The topological polar surface area (TPSA) is 199 Å². The van der Waals surface area contributed by atoms with Gasteiger partial charge in [-0.1, -0.05) is 0 Å². The zero-order valence-electron chi connectivity index (χ0n) is 23.3. The Morgan fingerprint density at radius 2 is 1.54 bits per heavy atom. The smallest absolute Gasteiger partial charge is 0.475 e. The normalized spacial score (nSPS) is 11.9. The second kappa shape index (κ2) is 13.2. The Morgan fingerprint density at radius 1 is 0.935 bits per heavy atom. The summed E-state index contributed by atoms with van der Waals surface area (Å²) in [6.45, 7) is 3.23. The predicted molar refractivity (Wildman–Crippen MR) is 148 cm³/mol. The van der Waals surface area contributed by atoms with Crippen LogP contribution in [0.1, 0.15) is 19.4 Å². The van der Waals surface area contributed by atoms with Crippen LogP contribution in [0, 0.1) is 11.3 Å². The average Bonchev–Trinajstić information content (AvgIpc) is 3.36. The second-order valence-electron chi connectivity index (χ2n) is 9.27. The van der Waals surface area contributed by atoms with E-state index >= 15 is 0 Å². The number of sulfone groups is 1. The quantitative estimate of drug-likeness (QED) is 0.175. The lowest BCUT2D eigenvalue weighted by atomic mass is 10.1. The highest BCUT2D eigenvalue weighted by molar-refractivity contribution is 7.92. The highest BCUT2D eigenvalue weighted by Gasteiger charge is 2.39. The Labute approximate surface area is 255 Å². The number of imidazole rings is 1. The van der Waals surface area contributed by atoms with Crippen LogP contribution < -0.4 is 5.32 Å². The molecule has 0 amide bonds. The first-order valence-electron chi connectivity index (χ1n) is 12.4. The number of nitrogens with zero attached hydrogens (tertiary/aromatic N) is 4. The third-order valence-corrected chi connectivity index (χ3v) is 8.06. The number of pyridine rings is 2. The molecular weight excluding hydrogens is 650 g/mol. The first kappa shape index (κ1) is 35.0. The number of fused-ring (bicyclic) bond motifs is 5. The molecule has 3 aromatic heterocycles. The van der Waals surface area contributed by atoms with Crippen molar-refractivity contribution >= 4 is 33.3 Å². The van der Waals surface area contributed by atoms with Crippen molar-refractivity contribution in [3.8, 4) is 40.0 Å². The highest BCUT2D eigenvalue weighted by Crippen LogP contribution is 2.43. The number of aromatic amines is 1. The minimum atomic E-state index is -5.08. The van der Waals surface area contributed by atoms with Crippen LogP contribution in [0.25, 0.3) is 33.9 Å². The third kappa shape index (κ3) is 7.76. The van der Waals surface area contributed by atoms with Gasteiger partial charge in [-0.15, -0.1) is 0 Å². The monoisotopic (exact) mass is 670 g/mol. The fraction of sp³-hybridized carbons (Fsp3) is 0.185. The SMILES string of the molecule is CC(C)S(=O)(=O)c1ccc(-c2nc3c([nH]2)-c2ccncc2Nc2ncccc2-3)c(C#N)c1.O=C(O)C(F)(F)F.O=C(O)C(F)(F)F. The molecule has 0 saturated carbocycles. The predicted octanol–water partition coefficient (Wildman–Crippen LogP) is 5.58. The number of carbonyl (C=O) groups is 2. The summed E-state index contributed by atoms with van der Waals surface area (Å²) in [7, 11) is -3.50. The Hall–Kier alpha value is -5.51. The summed E-state index contributed by atoms with van der Waals surface area (Å²) in [5.41, 5.74) is 4.65. The van der Waals surface area contributed by atoms with Gasteiger partial charge in [0.2, 0.25) is 0 Å². The fourth-order valence-corrected chi connectivity index (χ4v) is 4.78. The number of hydrogen-bond acceptors (Lipinski definition) is 9. The van der Waals surface area contributed by atoms with Crippen molar-refractivity contribution in [1.29, 1.82) is 5.26 Å². The van der Waals surface area contributed by atoms with Crippen molar-refractivity contribution in [2.45, 2.75) is 36.3 Å². The Bertz CT molecular complexity index is 1850. The molecule has 4 aromatic rings. The average molecular weight is 671 g/mol. The van der Waals surface area contributed by atoms with Crippen LogP contribution in [-0.4, -0.2) is 68.1 Å². The number of anilines is 2. The molecule has 46 heavy (non-hydrogen) atoms. The molecule has 0 spiro atoms. The third-order valence-electron chi connectivity index (χ3n) is 5.91. The van der Waals surface area contributed by atoms with Gasteiger partial charge in [-0.25, -0.2) is 28.0 Å². The van der Waals surface area contributed by atoms with E-state index in [0.717, 1.165) is 22.5 Å². The molecule has 0 saturated heterocycles. The van der Waals surface area contributed by atoms with Crippen LogP contribution in [0.5, 0.6) is 0 Å². The van der Waals surface area contributed by atoms with E-state index in [9.17, 15) is 40.0 Å². The van der Waals surface area contributed by atoms with Gasteiger partial charge in [0.15, 0.2) is 9.84 Å². The van der Waals surface area contributed by atoms with Crippen molar-refractivity contribution in [3.05, 3.63) is 60.6 Å². The number of benzene rings is 1. The minimum absolute atomic E-state index is 0.121. The van der Waals surface area contributed by atoms with E-state index in [4.69, 9.17) is 24.8 Å². The maximum atomic E-state index is 12.6. The number of nitrogens with one attached hydrogen (secondary N) is 2. The fourth-order valence-electron chi connectivity index (χ4n) is 3.70. The van der Waals surface area contributed by atoms with Crippen molar-refractivity contribution in [2.75, 3.05) is 5.32 Å². The maximum Gasteiger partial charge on any atom is 0.490 e. The van der Waals surface area contributed by atoms with Crippen molar-refractivity contribution < 1.29 is 54.6 Å². The Morgan fingerprint density at radius 3 is 2.09 bits per heavy atom. The zero-order chi connectivity index (χ0) is 34.6. The number of aromatic nitrogens is 4. The van der Waals surface area contributed by atoms with E-state index in [1.165, 1.54) is 12.1 Å². The standard InChI is InChI=1S/C23H18N6O2S.2C2HF3O2/c1-13(2)32(30,31)15-5-6-16(14(10-15)11-24)23-28-20-17-7-9-25-12-19(17)27-22-18(21(20)29-23)4-3-8-26-22;2*3-2(4,5)1(6)7/h3-10,12-13H,1-2H3,(H,26,27)(H,28,29);2*(H,6,7). The van der Waals surface area contributed by atoms with Gasteiger partial charge in [0, 0.05) is 29.1 Å². The first-order chi connectivity index (χ1) is 21.3. The maximum absolute atomic E-state index is 12.6. The van der Waals surface area contributed by atoms with Crippen LogP contribution >= 0.6 is 0 Å². The Kier molecular flexibility index (Phi) is 10.1. The van der Waals surface area contributed by atoms with E-state index in [1.807, 2.05) is 18.2 Å². The molecule has 12 nitrogen and oxygen atoms in total. The van der Waals surface area contributed by atoms with Gasteiger partial charge in [-0.05, 0) is 50.2 Å². The number of halogens is 6. The zero-order valence-corrected chi connectivity index (χ0v) is 24.1. The molecular formula is C27H20F6N6O6S. The van der Waals surface area contributed by atoms with E-state index in [0.29, 0.717) is 22.9 Å². The lowest BCUT2D eigenvalue weighted by molar-refractivity contribution is -0.193. The van der Waals surface area contributed by atoms with E-state index in [2.05, 4.69) is 26.3 Å². The lowest BCUT2D eigenvalue weighted by Crippen LogP contribution is -2.21. The molecule has 0 unspecified atom stereocenters. The van der Waals surface area contributed by atoms with Gasteiger partial charge < -0.3 is 20.5 Å². The van der Waals surface area contributed by atoms with Gasteiger partial charge >= 0.3 is 24.3 Å². The number of nitriles is 1. The van der Waals surface area contributed by atoms with Crippen molar-refractivity contribution in [3.63, 3.8) is 0 Å². The Balaban J connectivity index is 0.000000345. The molecule has 242 valence electrons. The van der Waals surface area contributed by atoms with E-state index in [1.54, 1.807) is 38.5 Å². The molecule has 0 fully saturated rings. The number of hydrogen-bond donors (Lipinski definition) is 4. The summed E-state index contributed by atoms with van der Waals surface area (Å²) < 4.78 is 88.6. The van der Waals surface area contributed by atoms with Crippen LogP contribution in [0.4, 0.5) is 37.8 Å². The van der Waals surface area contributed by atoms with Crippen LogP contribution in [-0.2, 0) is 19.4 Å². The second-order valence-corrected chi connectivity index (χ2v) is 11.8. The number of alkyl halides is 6. The summed E-state index contributed by atoms with van der Waals surface area (Å²) in [5, 5.41) is 26.7. The molecule has 0 bridgehead atoms. The van der Waals surface area contributed by atoms with E-state index < -0.39 is 39.4 Å². The number of rotatable bonds is 3. The molecule has 0 aliphatic carbocycles. The molecule has 19 heteroatoms. The van der Waals surface area contributed by atoms with Crippen molar-refractivity contribution in [2.24, 2.45) is 0 Å². The molecule has 1 aromatic carbocycles. The largest absolute Gasteiger partial charge is 0.490 e. The van der Waals surface area contributed by atoms with Crippen LogP contribution in [0.3, 0.4) is 0 Å². The van der Waals surface area contributed by atoms with Crippen LogP contribution in [0.2, 0.25) is 0 Å². The van der Waals surface area contributed by atoms with Crippen LogP contribution in [0.15, 0.2) is 59.9 Å². The summed E-state index contributed by atoms with van der Waals surface area (Å²) in [4.78, 5) is 34.7. The number of aliphatic carboxylic acids is 2. The molecule has 1 aliphatic rings. The number of carboxylic acid groups (broad SMARTS) is 2. The lowest BCUT2D eigenvalue weighted by Gasteiger charge is -2.10. The summed E-state index contributed by atoms with van der Waals surface area (Å²) in [6, 6.07) is 12.3. The highest BCUT2D eigenvalue weighted by atomic mass is 32.2. The van der Waals surface area contributed by atoms with Gasteiger partial charge in [0.25, 0.3) is 0 Å². The molecule has 4 heterocycles. The molecule has 1 aliphatic heterocycles. The summed E-state index contributed by atoms with van der Waals surface area (Å²) in [5.74, 6) is -4.39. The van der Waals surface area contributed by atoms with E-state index in [-0.39, 0.29) is 10.5 Å². The number of carboxylic acids is 2. The minimum Gasteiger partial charge on any atom is -0.475 e. The summed E-state index contributed by atoms with van der Waals surface area (Å²) >= 11 is 0. The van der Waals surface area contributed by atoms with Gasteiger partial charge in [0.05, 0.1) is 39.4 Å². The van der Waals surface area contributed by atoms with Gasteiger partial charge in [-0.3, -0.25) is 4.98 Å². The summed E-state index contributed by atoms with van der Waals surface area (Å²) in [6.07, 6.45) is -5.06. The molecule has 4 N–H and O–H groups in total. The van der Waals surface area contributed by atoms with Crippen molar-refractivity contribution in [1.82, 2.24) is 19.9 Å². The first-order valence-corrected chi connectivity index (χ1v) is 14.0. The van der Waals surface area contributed by atoms with Gasteiger partial charge in [-0.2, -0.15) is 31.6 Å². The van der Waals surface area contributed by atoms with Gasteiger partial charge in [0.1, 0.15) is 17.3 Å². The molecule has 5 rings (SSSR count). The molecule has 0 atom stereocenters. The molecule has 0 radical (unpaired) electrons.